The van der Waals surface area contributed by atoms with Gasteiger partial charge in [-0.2, -0.15) is 4.39 Å². The number of aliphatic hydroxyl groups excluding tert-OH is 1. The minimum atomic E-state index is -1.53. The molecule has 5 N–H and O–H groups in total. The van der Waals surface area contributed by atoms with Crippen molar-refractivity contribution in [3.8, 4) is 0 Å². The van der Waals surface area contributed by atoms with E-state index in [1.54, 1.807) is 28.0 Å². The average molecular weight is 463 g/mol. The van der Waals surface area contributed by atoms with Crippen LogP contribution in [0.5, 0.6) is 0 Å². The first kappa shape index (κ1) is 23.3. The van der Waals surface area contributed by atoms with Gasteiger partial charge in [-0.05, 0) is 25.3 Å². The molecular formula is C22H28F2N6O3. The second-order valence-corrected chi connectivity index (χ2v) is 8.73. The zero-order chi connectivity index (χ0) is 23.6. The first-order valence-corrected chi connectivity index (χ1v) is 10.9. The molecule has 33 heavy (non-hydrogen) atoms. The van der Waals surface area contributed by atoms with Gasteiger partial charge in [0.05, 0.1) is 12.6 Å². The maximum absolute atomic E-state index is 15.4. The fourth-order valence-corrected chi connectivity index (χ4v) is 4.09. The number of hydrogen-bond acceptors (Lipinski definition) is 8. The number of carbonyl (C=O) groups is 1. The summed E-state index contributed by atoms with van der Waals surface area (Å²) in [6.45, 7) is 0.430. The Morgan fingerprint density at radius 3 is 2.73 bits per heavy atom. The molecule has 1 saturated carbocycles. The number of likely N-dealkylation sites (tertiary alicyclic amines) is 1. The van der Waals surface area contributed by atoms with Gasteiger partial charge in [0.15, 0.2) is 11.6 Å². The summed E-state index contributed by atoms with van der Waals surface area (Å²) in [6, 6.07) is 6.41. The second kappa shape index (κ2) is 9.54. The lowest BCUT2D eigenvalue weighted by atomic mass is 9.88. The van der Waals surface area contributed by atoms with Gasteiger partial charge in [-0.25, -0.2) is 14.4 Å². The zero-order valence-corrected chi connectivity index (χ0v) is 18.1. The number of aromatic nitrogens is 2. The number of nitrogens with two attached hydrogens (primary N) is 1. The van der Waals surface area contributed by atoms with Crippen LogP contribution in [0.15, 0.2) is 30.6 Å². The van der Waals surface area contributed by atoms with Crippen LogP contribution in [0.4, 0.5) is 20.4 Å². The van der Waals surface area contributed by atoms with E-state index in [1.165, 1.54) is 12.4 Å². The van der Waals surface area contributed by atoms with Crippen molar-refractivity contribution in [3.05, 3.63) is 47.8 Å². The summed E-state index contributed by atoms with van der Waals surface area (Å²) in [7, 11) is 0. The summed E-state index contributed by atoms with van der Waals surface area (Å²) in [5.41, 5.74) is 4.10. The molecule has 2 atom stereocenters. The molecule has 178 valence electrons. The Morgan fingerprint density at radius 1 is 1.30 bits per heavy atom. The van der Waals surface area contributed by atoms with Crippen LogP contribution in [-0.4, -0.2) is 74.9 Å². The maximum Gasteiger partial charge on any atom is 0.231 e. The van der Waals surface area contributed by atoms with E-state index in [0.29, 0.717) is 12.1 Å². The van der Waals surface area contributed by atoms with E-state index in [0.717, 1.165) is 12.8 Å². The third-order valence-corrected chi connectivity index (χ3v) is 6.18. The molecule has 0 unspecified atom stereocenters. The number of benzene rings is 1. The lowest BCUT2D eigenvalue weighted by Gasteiger charge is -2.41. The van der Waals surface area contributed by atoms with Gasteiger partial charge in [-0.3, -0.25) is 9.69 Å². The predicted octanol–water partition coefficient (Wildman–Crippen LogP) is 0.619. The average Bonchev–Trinajstić information content (AvgIpc) is 3.61. The molecule has 1 aromatic carbocycles. The number of primary amides is 1. The van der Waals surface area contributed by atoms with Gasteiger partial charge >= 0.3 is 0 Å². The minimum Gasteiger partial charge on any atom is -0.389 e. The smallest absolute Gasteiger partial charge is 0.231 e. The molecule has 0 radical (unpaired) electrons. The summed E-state index contributed by atoms with van der Waals surface area (Å²) < 4.78 is 29.6. The standard InChI is InChI=1S/C22H28F2N6O3/c23-16-4-2-1-3-14(16)9-30(15-5-6-15)21-19(24)20(27-13-28-21)26-12-22(33)7-8-29(10-17(22)31)11-18(25)32/h1-4,13,15,17,31,33H,5-12H2,(H2,25,32)(H,26,27,28)/t17-,22-/m1/s1. The quantitative estimate of drug-likeness (QED) is 0.427. The summed E-state index contributed by atoms with van der Waals surface area (Å²) in [5.74, 6) is -1.64. The van der Waals surface area contributed by atoms with Crippen molar-refractivity contribution in [1.82, 2.24) is 14.9 Å². The molecule has 4 rings (SSSR count). The van der Waals surface area contributed by atoms with Crippen LogP contribution in [0, 0.1) is 11.6 Å². The van der Waals surface area contributed by atoms with Gasteiger partial charge in [-0.1, -0.05) is 18.2 Å². The molecule has 2 fully saturated rings. The molecule has 1 aliphatic heterocycles. The topological polar surface area (TPSA) is 128 Å². The van der Waals surface area contributed by atoms with Crippen LogP contribution in [0.3, 0.4) is 0 Å². The normalized spacial score (nSPS) is 23.3. The van der Waals surface area contributed by atoms with Crippen molar-refractivity contribution < 1.29 is 23.8 Å². The van der Waals surface area contributed by atoms with E-state index in [9.17, 15) is 19.4 Å². The molecule has 2 aliphatic rings. The lowest BCUT2D eigenvalue weighted by molar-refractivity contribution is -0.127. The fourth-order valence-electron chi connectivity index (χ4n) is 4.09. The van der Waals surface area contributed by atoms with Crippen LogP contribution >= 0.6 is 0 Å². The van der Waals surface area contributed by atoms with Crippen LogP contribution in [-0.2, 0) is 11.3 Å². The molecule has 2 heterocycles. The highest BCUT2D eigenvalue weighted by molar-refractivity contribution is 5.75. The van der Waals surface area contributed by atoms with Gasteiger partial charge in [0, 0.05) is 37.8 Å². The van der Waals surface area contributed by atoms with E-state index in [-0.39, 0.29) is 56.1 Å². The number of piperidine rings is 1. The summed E-state index contributed by atoms with van der Waals surface area (Å²) >= 11 is 0. The van der Waals surface area contributed by atoms with E-state index < -0.39 is 23.4 Å². The van der Waals surface area contributed by atoms with E-state index in [2.05, 4.69) is 15.3 Å². The first-order chi connectivity index (χ1) is 15.8. The van der Waals surface area contributed by atoms with Gasteiger partial charge in [0.1, 0.15) is 17.7 Å². The number of halogens is 2. The van der Waals surface area contributed by atoms with E-state index >= 15 is 4.39 Å². The molecule has 0 spiro atoms. The molecule has 9 nitrogen and oxygen atoms in total. The van der Waals surface area contributed by atoms with Crippen molar-refractivity contribution in [2.45, 2.75) is 43.6 Å². The number of nitrogens with one attached hydrogen (secondary N) is 1. The van der Waals surface area contributed by atoms with Gasteiger partial charge in [-0.15, -0.1) is 0 Å². The maximum atomic E-state index is 15.4. The first-order valence-electron chi connectivity index (χ1n) is 10.9. The largest absolute Gasteiger partial charge is 0.389 e. The Balaban J connectivity index is 1.47. The molecule has 11 heteroatoms. The summed E-state index contributed by atoms with van der Waals surface area (Å²) in [4.78, 5) is 22.5. The Morgan fingerprint density at radius 2 is 2.06 bits per heavy atom. The lowest BCUT2D eigenvalue weighted by Crippen LogP contribution is -2.59. The third-order valence-electron chi connectivity index (χ3n) is 6.18. The molecule has 1 amide bonds. The molecule has 0 bridgehead atoms. The predicted molar refractivity (Wildman–Crippen MR) is 117 cm³/mol. The SMILES string of the molecule is NC(=O)CN1CC[C@@](O)(CNc2ncnc(N(Cc3ccccc3F)C3CC3)c2F)[C@H](O)C1. The highest BCUT2D eigenvalue weighted by atomic mass is 19.1. The molecule has 1 saturated heterocycles. The molecule has 1 aromatic heterocycles. The Bertz CT molecular complexity index is 1010. The van der Waals surface area contributed by atoms with Crippen molar-refractivity contribution in [2.75, 3.05) is 36.4 Å². The highest BCUT2D eigenvalue weighted by Crippen LogP contribution is 2.35. The zero-order valence-electron chi connectivity index (χ0n) is 18.1. The van der Waals surface area contributed by atoms with Crippen molar-refractivity contribution in [2.24, 2.45) is 5.73 Å². The van der Waals surface area contributed by atoms with Crippen LogP contribution in [0.1, 0.15) is 24.8 Å². The van der Waals surface area contributed by atoms with Crippen LogP contribution in [0.2, 0.25) is 0 Å². The number of nitrogens with zero attached hydrogens (tertiary/aromatic N) is 4. The van der Waals surface area contributed by atoms with Crippen molar-refractivity contribution >= 4 is 17.5 Å². The number of carbonyl (C=O) groups excluding carboxylic acids is 1. The minimum absolute atomic E-state index is 0.0104. The van der Waals surface area contributed by atoms with E-state index in [4.69, 9.17) is 5.73 Å². The van der Waals surface area contributed by atoms with Crippen LogP contribution < -0.4 is 16.0 Å². The Kier molecular flexibility index (Phi) is 6.73. The third kappa shape index (κ3) is 5.37. The van der Waals surface area contributed by atoms with Gasteiger partial charge < -0.3 is 26.2 Å². The van der Waals surface area contributed by atoms with Crippen molar-refractivity contribution in [1.29, 1.82) is 0 Å². The number of amides is 1. The Labute approximate surface area is 190 Å². The van der Waals surface area contributed by atoms with Crippen LogP contribution in [0.25, 0.3) is 0 Å². The number of aliphatic hydroxyl groups is 2. The van der Waals surface area contributed by atoms with Crippen molar-refractivity contribution in [3.63, 3.8) is 0 Å². The molecule has 1 aliphatic carbocycles. The number of β-amino-alcohol motifs (C(OH)–C–C–N with tert-alkyl or cyclic N) is 1. The summed E-state index contributed by atoms with van der Waals surface area (Å²) in [6.07, 6.45) is 1.93. The van der Waals surface area contributed by atoms with Gasteiger partial charge in [0.25, 0.3) is 0 Å². The van der Waals surface area contributed by atoms with E-state index in [1.807, 2.05) is 0 Å². The monoisotopic (exact) mass is 462 g/mol. The molecular weight excluding hydrogens is 434 g/mol. The van der Waals surface area contributed by atoms with Gasteiger partial charge in [0.2, 0.25) is 11.7 Å². The number of rotatable bonds is 9. The second-order valence-electron chi connectivity index (χ2n) is 8.73. The number of hydrogen-bond donors (Lipinski definition) is 4. The number of anilines is 2. The Hall–Kier alpha value is -2.89. The fraction of sp³-hybridized carbons (Fsp3) is 0.500. The highest BCUT2D eigenvalue weighted by Gasteiger charge is 2.41. The summed E-state index contributed by atoms with van der Waals surface area (Å²) in [5, 5.41) is 24.1. The molecule has 2 aromatic rings.